The molecule has 2 amide bonds. The van der Waals surface area contributed by atoms with Gasteiger partial charge in [-0.25, -0.2) is 4.79 Å². The third-order valence-electron chi connectivity index (χ3n) is 5.39. The number of carbonyl (C=O) groups is 1. The lowest BCUT2D eigenvalue weighted by Gasteiger charge is -2.30. The molecule has 0 radical (unpaired) electrons. The molecule has 1 saturated heterocycles. The lowest BCUT2D eigenvalue weighted by atomic mass is 9.97. The fraction of sp³-hybridized carbons (Fsp3) is 0.571. The van der Waals surface area contributed by atoms with Crippen molar-refractivity contribution in [3.63, 3.8) is 0 Å². The highest BCUT2D eigenvalue weighted by Gasteiger charge is 2.32. The molecule has 2 aliphatic rings. The van der Waals surface area contributed by atoms with Crippen molar-refractivity contribution in [2.24, 2.45) is 0 Å². The average Bonchev–Trinajstić information content (AvgIpc) is 3.46. The van der Waals surface area contributed by atoms with Gasteiger partial charge in [-0.2, -0.15) is 0 Å². The summed E-state index contributed by atoms with van der Waals surface area (Å²) in [7, 11) is 0. The van der Waals surface area contributed by atoms with Gasteiger partial charge in [-0.1, -0.05) is 13.3 Å². The molecule has 28 heavy (non-hydrogen) atoms. The highest BCUT2D eigenvalue weighted by Crippen LogP contribution is 2.40. The van der Waals surface area contributed by atoms with Gasteiger partial charge in [0.15, 0.2) is 0 Å². The Hall–Kier alpha value is -2.57. The van der Waals surface area contributed by atoms with Gasteiger partial charge in [-0.15, -0.1) is 10.2 Å². The third kappa shape index (κ3) is 4.64. The quantitative estimate of drug-likeness (QED) is 0.709. The molecule has 1 saturated carbocycles. The summed E-state index contributed by atoms with van der Waals surface area (Å²) in [6.45, 7) is 4.24. The monoisotopic (exact) mass is 384 g/mol. The molecule has 1 N–H and O–H groups in total. The van der Waals surface area contributed by atoms with Crippen LogP contribution in [-0.4, -0.2) is 40.8 Å². The second kappa shape index (κ2) is 8.63. The highest BCUT2D eigenvalue weighted by atomic mass is 16.5. The first kappa shape index (κ1) is 18.8. The van der Waals surface area contributed by atoms with Gasteiger partial charge in [0.2, 0.25) is 11.8 Å². The first-order valence-corrected chi connectivity index (χ1v) is 10.3. The summed E-state index contributed by atoms with van der Waals surface area (Å²) >= 11 is 0. The topological polar surface area (TPSA) is 80.5 Å². The molecule has 0 atom stereocenters. The number of amides is 2. The van der Waals surface area contributed by atoms with Gasteiger partial charge in [0.25, 0.3) is 0 Å². The van der Waals surface area contributed by atoms with E-state index in [9.17, 15) is 4.79 Å². The number of carbonyl (C=O) groups excluding carboxylic acids is 1. The van der Waals surface area contributed by atoms with Crippen molar-refractivity contribution in [1.82, 2.24) is 15.1 Å². The van der Waals surface area contributed by atoms with E-state index in [1.807, 2.05) is 29.2 Å². The summed E-state index contributed by atoms with van der Waals surface area (Å²) in [6, 6.07) is 7.48. The van der Waals surface area contributed by atoms with Crippen molar-refractivity contribution in [2.45, 2.75) is 57.3 Å². The number of piperidine rings is 1. The van der Waals surface area contributed by atoms with Gasteiger partial charge in [0.1, 0.15) is 5.75 Å². The minimum Gasteiger partial charge on any atom is -0.494 e. The fourth-order valence-corrected chi connectivity index (χ4v) is 3.41. The Morgan fingerprint density at radius 1 is 1.11 bits per heavy atom. The number of nitrogens with one attached hydrogen (secondary N) is 1. The summed E-state index contributed by atoms with van der Waals surface area (Å²) in [5.74, 6) is 3.09. The summed E-state index contributed by atoms with van der Waals surface area (Å²) < 4.78 is 11.5. The molecule has 0 unspecified atom stereocenters. The molecule has 150 valence electrons. The van der Waals surface area contributed by atoms with Crippen molar-refractivity contribution in [3.8, 4) is 5.75 Å². The number of hydrogen-bond acceptors (Lipinski definition) is 5. The minimum absolute atomic E-state index is 0.0673. The number of urea groups is 1. The fourth-order valence-electron chi connectivity index (χ4n) is 3.41. The van der Waals surface area contributed by atoms with Crippen LogP contribution in [0.3, 0.4) is 0 Å². The van der Waals surface area contributed by atoms with Crippen LogP contribution in [0.1, 0.15) is 69.1 Å². The maximum atomic E-state index is 12.5. The average molecular weight is 384 g/mol. The van der Waals surface area contributed by atoms with Crippen LogP contribution >= 0.6 is 0 Å². The first-order valence-electron chi connectivity index (χ1n) is 10.3. The third-order valence-corrected chi connectivity index (χ3v) is 5.39. The summed E-state index contributed by atoms with van der Waals surface area (Å²) in [5, 5.41) is 11.4. The Balaban J connectivity index is 1.24. The lowest BCUT2D eigenvalue weighted by molar-refractivity contribution is 0.189. The number of likely N-dealkylation sites (tertiary alicyclic amines) is 1. The van der Waals surface area contributed by atoms with Crippen LogP contribution in [0.25, 0.3) is 0 Å². The van der Waals surface area contributed by atoms with Gasteiger partial charge in [0, 0.05) is 30.6 Å². The van der Waals surface area contributed by atoms with Gasteiger partial charge >= 0.3 is 6.03 Å². The Labute approximate surface area is 165 Å². The van der Waals surface area contributed by atoms with Crippen LogP contribution in [0, 0.1) is 0 Å². The summed E-state index contributed by atoms with van der Waals surface area (Å²) in [5.41, 5.74) is 0.779. The number of ether oxygens (including phenoxy) is 1. The number of nitrogens with zero attached hydrogens (tertiary/aromatic N) is 3. The molecule has 2 heterocycles. The lowest BCUT2D eigenvalue weighted by Crippen LogP contribution is -2.40. The van der Waals surface area contributed by atoms with Crippen molar-refractivity contribution >= 4 is 11.7 Å². The van der Waals surface area contributed by atoms with E-state index in [2.05, 4.69) is 22.4 Å². The minimum atomic E-state index is -0.0673. The van der Waals surface area contributed by atoms with E-state index in [4.69, 9.17) is 9.15 Å². The molecule has 7 heteroatoms. The molecule has 1 aromatic carbocycles. The van der Waals surface area contributed by atoms with Crippen molar-refractivity contribution < 1.29 is 13.9 Å². The number of benzene rings is 1. The number of unbranched alkanes of at least 4 members (excludes halogenated alkanes) is 1. The van der Waals surface area contributed by atoms with E-state index in [-0.39, 0.29) is 11.9 Å². The number of anilines is 1. The van der Waals surface area contributed by atoms with Crippen LogP contribution in [0.2, 0.25) is 0 Å². The molecular formula is C21H28N4O3. The largest absolute Gasteiger partial charge is 0.494 e. The smallest absolute Gasteiger partial charge is 0.321 e. The molecule has 0 bridgehead atoms. The Morgan fingerprint density at radius 2 is 1.75 bits per heavy atom. The zero-order chi connectivity index (χ0) is 19.3. The maximum absolute atomic E-state index is 12.5. The van der Waals surface area contributed by atoms with Gasteiger partial charge < -0.3 is 19.4 Å². The molecular weight excluding hydrogens is 356 g/mol. The second-order valence-electron chi connectivity index (χ2n) is 7.67. The van der Waals surface area contributed by atoms with E-state index in [0.717, 1.165) is 68.4 Å². The number of aromatic nitrogens is 2. The molecule has 7 nitrogen and oxygen atoms in total. The van der Waals surface area contributed by atoms with E-state index in [0.29, 0.717) is 19.0 Å². The molecule has 1 aliphatic carbocycles. The standard InChI is InChI=1S/C21H28N4O3/c1-2-3-14-27-18-8-6-17(7-9-18)22-21(26)25-12-10-16(11-13-25)20-24-23-19(28-20)15-4-5-15/h6-9,15-16H,2-5,10-14H2,1H3,(H,22,26). The van der Waals surface area contributed by atoms with Crippen LogP contribution < -0.4 is 10.1 Å². The van der Waals surface area contributed by atoms with Crippen molar-refractivity contribution in [1.29, 1.82) is 0 Å². The van der Waals surface area contributed by atoms with Gasteiger partial charge in [-0.05, 0) is 56.4 Å². The predicted octanol–water partition coefficient (Wildman–Crippen LogP) is 4.54. The van der Waals surface area contributed by atoms with E-state index in [1.165, 1.54) is 0 Å². The molecule has 2 fully saturated rings. The van der Waals surface area contributed by atoms with Gasteiger partial charge in [-0.3, -0.25) is 0 Å². The highest BCUT2D eigenvalue weighted by molar-refractivity contribution is 5.89. The Morgan fingerprint density at radius 3 is 2.36 bits per heavy atom. The Kier molecular flexibility index (Phi) is 5.78. The summed E-state index contributed by atoms with van der Waals surface area (Å²) in [4.78, 5) is 14.4. The normalized spacial score (nSPS) is 17.5. The maximum Gasteiger partial charge on any atom is 0.321 e. The van der Waals surface area contributed by atoms with E-state index < -0.39 is 0 Å². The molecule has 1 aliphatic heterocycles. The van der Waals surface area contributed by atoms with Crippen LogP contribution in [0.4, 0.5) is 10.5 Å². The van der Waals surface area contributed by atoms with Crippen LogP contribution in [0.5, 0.6) is 5.75 Å². The first-order chi connectivity index (χ1) is 13.7. The molecule has 4 rings (SSSR count). The van der Waals surface area contributed by atoms with E-state index >= 15 is 0 Å². The van der Waals surface area contributed by atoms with E-state index in [1.54, 1.807) is 0 Å². The number of rotatable bonds is 7. The molecule has 0 spiro atoms. The number of hydrogen-bond donors (Lipinski definition) is 1. The van der Waals surface area contributed by atoms with Crippen LogP contribution in [-0.2, 0) is 0 Å². The molecule has 1 aromatic heterocycles. The van der Waals surface area contributed by atoms with Crippen molar-refractivity contribution in [3.05, 3.63) is 36.0 Å². The van der Waals surface area contributed by atoms with Crippen LogP contribution in [0.15, 0.2) is 28.7 Å². The summed E-state index contributed by atoms with van der Waals surface area (Å²) in [6.07, 6.45) is 6.17. The van der Waals surface area contributed by atoms with Gasteiger partial charge in [0.05, 0.1) is 6.61 Å². The molecule has 2 aromatic rings. The van der Waals surface area contributed by atoms with Crippen molar-refractivity contribution in [2.75, 3.05) is 25.0 Å². The predicted molar refractivity (Wildman–Crippen MR) is 106 cm³/mol. The second-order valence-corrected chi connectivity index (χ2v) is 7.67. The Bertz CT molecular complexity index is 777. The zero-order valence-corrected chi connectivity index (χ0v) is 16.4. The SMILES string of the molecule is CCCCOc1ccc(NC(=O)N2CCC(c3nnc(C4CC4)o3)CC2)cc1. The zero-order valence-electron chi connectivity index (χ0n) is 16.4.